The Morgan fingerprint density at radius 2 is 1.48 bits per heavy atom. The Kier molecular flexibility index (Phi) is 13.3. The average molecular weight is 598 g/mol. The van der Waals surface area contributed by atoms with E-state index < -0.39 is 23.0 Å². The third-order valence-electron chi connectivity index (χ3n) is 6.72. The van der Waals surface area contributed by atoms with E-state index in [4.69, 9.17) is 19.3 Å². The van der Waals surface area contributed by atoms with Gasteiger partial charge in [0, 0.05) is 17.7 Å². The van der Waals surface area contributed by atoms with Crippen LogP contribution >= 0.6 is 0 Å². The lowest BCUT2D eigenvalue weighted by Crippen LogP contribution is -2.07. The maximum absolute atomic E-state index is 11.7. The van der Waals surface area contributed by atoms with Crippen molar-refractivity contribution in [2.75, 3.05) is 20.3 Å². The van der Waals surface area contributed by atoms with Crippen LogP contribution in [0.1, 0.15) is 56.1 Å². The third kappa shape index (κ3) is 10.8. The average Bonchev–Trinajstić information content (AvgIpc) is 2.98. The van der Waals surface area contributed by atoms with Crippen LogP contribution in [0.2, 0.25) is 0 Å². The smallest absolute Gasteiger partial charge is 0.303 e. The van der Waals surface area contributed by atoms with E-state index in [9.17, 15) is 23.5 Å². The van der Waals surface area contributed by atoms with Crippen LogP contribution < -0.4 is 14.2 Å². The van der Waals surface area contributed by atoms with Gasteiger partial charge in [0.25, 0.3) is 0 Å². The molecule has 1 atom stereocenters. The second kappa shape index (κ2) is 17.2. The monoisotopic (exact) mass is 597 g/mol. The molecule has 2 N–H and O–H groups in total. The lowest BCUT2D eigenvalue weighted by atomic mass is 9.97. The van der Waals surface area contributed by atoms with E-state index in [1.165, 1.54) is 6.07 Å². The summed E-state index contributed by atoms with van der Waals surface area (Å²) in [5.74, 6) is 0.0529. The van der Waals surface area contributed by atoms with Gasteiger partial charge in [0.1, 0.15) is 17.2 Å². The lowest BCUT2D eigenvalue weighted by molar-refractivity contribution is -0.138. The molecule has 0 spiro atoms. The standard InChI is InChI=1S/C32H38O9S/c1-39-26-14-12-23(13-15-26)25-20-27(22-28(21-25)42(37)38)40-18-5-3-2-4-8-24-9-6-10-30(29(24)16-17-32(35)36)41-19-7-11-31(33)34/h6,9-10,12-15,20-22H,2-5,7-8,11,16-19H2,1H3,(H,33,34)(H,35,36)(H,37,38)/p-1. The fourth-order valence-corrected chi connectivity index (χ4v) is 5.00. The first kappa shape index (κ1) is 32.6. The molecule has 1 unspecified atom stereocenters. The Morgan fingerprint density at radius 1 is 0.762 bits per heavy atom. The number of carboxylic acid groups (broad SMARTS) is 2. The van der Waals surface area contributed by atoms with Gasteiger partial charge in [-0.3, -0.25) is 13.8 Å². The van der Waals surface area contributed by atoms with Crippen LogP contribution in [-0.2, 0) is 33.5 Å². The maximum Gasteiger partial charge on any atom is 0.303 e. The molecule has 0 aromatic heterocycles. The largest absolute Gasteiger partial charge is 0.768 e. The van der Waals surface area contributed by atoms with E-state index in [1.807, 2.05) is 42.5 Å². The van der Waals surface area contributed by atoms with Gasteiger partial charge in [0.15, 0.2) is 0 Å². The molecule has 3 aromatic carbocycles. The minimum Gasteiger partial charge on any atom is -0.768 e. The van der Waals surface area contributed by atoms with Crippen LogP contribution in [0.25, 0.3) is 11.1 Å². The Labute approximate surface area is 248 Å². The van der Waals surface area contributed by atoms with Gasteiger partial charge in [-0.1, -0.05) is 37.1 Å². The van der Waals surface area contributed by atoms with Crippen LogP contribution in [0.5, 0.6) is 17.2 Å². The second-order valence-corrected chi connectivity index (χ2v) is 10.7. The van der Waals surface area contributed by atoms with Crippen molar-refractivity contribution in [2.45, 2.75) is 62.7 Å². The minimum absolute atomic E-state index is 0.0127. The predicted molar refractivity (Wildman–Crippen MR) is 158 cm³/mol. The Bertz CT molecular complexity index is 1340. The zero-order valence-electron chi connectivity index (χ0n) is 23.7. The number of carboxylic acids is 2. The van der Waals surface area contributed by atoms with Crippen molar-refractivity contribution in [3.63, 3.8) is 0 Å². The summed E-state index contributed by atoms with van der Waals surface area (Å²) in [7, 11) is 1.59. The number of unbranched alkanes of at least 4 members (excludes halogenated alkanes) is 3. The quantitative estimate of drug-likeness (QED) is 0.125. The Hall–Kier alpha value is -3.89. The fourth-order valence-electron chi connectivity index (χ4n) is 4.56. The molecular weight excluding hydrogens is 560 g/mol. The van der Waals surface area contributed by atoms with Gasteiger partial charge >= 0.3 is 11.9 Å². The van der Waals surface area contributed by atoms with Crippen LogP contribution in [0.15, 0.2) is 65.6 Å². The first-order valence-corrected chi connectivity index (χ1v) is 15.0. The molecule has 42 heavy (non-hydrogen) atoms. The molecule has 3 rings (SSSR count). The van der Waals surface area contributed by atoms with Crippen LogP contribution in [0.3, 0.4) is 0 Å². The molecule has 0 bridgehead atoms. The van der Waals surface area contributed by atoms with E-state index in [0.29, 0.717) is 36.7 Å². The number of carbonyl (C=O) groups is 2. The summed E-state index contributed by atoms with van der Waals surface area (Å²) in [4.78, 5) is 22.1. The van der Waals surface area contributed by atoms with E-state index in [-0.39, 0.29) is 24.3 Å². The molecule has 9 nitrogen and oxygen atoms in total. The topological polar surface area (TPSA) is 142 Å². The van der Waals surface area contributed by atoms with Gasteiger partial charge < -0.3 is 29.0 Å². The fraction of sp³-hybridized carbons (Fsp3) is 0.375. The molecule has 0 saturated heterocycles. The molecule has 0 aliphatic carbocycles. The summed E-state index contributed by atoms with van der Waals surface area (Å²) in [5.41, 5.74) is 3.49. The summed E-state index contributed by atoms with van der Waals surface area (Å²) in [5, 5.41) is 18.0. The zero-order valence-corrected chi connectivity index (χ0v) is 24.5. The first-order chi connectivity index (χ1) is 20.3. The van der Waals surface area contributed by atoms with Gasteiger partial charge in [-0.15, -0.1) is 0 Å². The SMILES string of the molecule is COc1ccc(-c2cc(OCCCCCCc3cccc(OCCCC(=O)O)c3CCC(=O)O)cc(S(=O)[O-])c2)cc1. The van der Waals surface area contributed by atoms with Gasteiger partial charge in [0.2, 0.25) is 0 Å². The molecule has 0 fully saturated rings. The van der Waals surface area contributed by atoms with E-state index in [2.05, 4.69) is 0 Å². The number of benzene rings is 3. The molecule has 0 saturated carbocycles. The van der Waals surface area contributed by atoms with E-state index >= 15 is 0 Å². The molecule has 0 heterocycles. The molecule has 0 radical (unpaired) electrons. The van der Waals surface area contributed by atoms with Crippen molar-refractivity contribution in [2.24, 2.45) is 0 Å². The second-order valence-electron chi connectivity index (χ2n) is 9.80. The van der Waals surface area contributed by atoms with Crippen LogP contribution in [-0.4, -0.2) is 51.2 Å². The molecule has 226 valence electrons. The van der Waals surface area contributed by atoms with Crippen molar-refractivity contribution in [3.05, 3.63) is 71.8 Å². The molecule has 0 amide bonds. The number of rotatable bonds is 19. The van der Waals surface area contributed by atoms with Crippen molar-refractivity contribution in [1.82, 2.24) is 0 Å². The summed E-state index contributed by atoms with van der Waals surface area (Å²) in [6.45, 7) is 0.700. The number of aliphatic carboxylic acids is 2. The van der Waals surface area contributed by atoms with Gasteiger partial charge in [-0.05, 0) is 102 Å². The number of methoxy groups -OCH3 is 1. The number of aryl methyl sites for hydroxylation is 1. The highest BCUT2D eigenvalue weighted by molar-refractivity contribution is 7.79. The molecule has 10 heteroatoms. The molecule has 0 aliphatic heterocycles. The number of hydrogen-bond acceptors (Lipinski definition) is 7. The minimum atomic E-state index is -2.39. The van der Waals surface area contributed by atoms with Crippen LogP contribution in [0, 0.1) is 0 Å². The Balaban J connectivity index is 1.51. The third-order valence-corrected chi connectivity index (χ3v) is 7.34. The number of hydrogen-bond donors (Lipinski definition) is 2. The lowest BCUT2D eigenvalue weighted by Gasteiger charge is -2.15. The van der Waals surface area contributed by atoms with Gasteiger partial charge in [-0.2, -0.15) is 0 Å². The molecule has 0 aliphatic rings. The summed E-state index contributed by atoms with van der Waals surface area (Å²) in [6, 6.07) is 18.0. The predicted octanol–water partition coefficient (Wildman–Crippen LogP) is 6.04. The summed E-state index contributed by atoms with van der Waals surface area (Å²) >= 11 is -2.39. The summed E-state index contributed by atoms with van der Waals surface area (Å²) in [6.07, 6.45) is 5.03. The normalized spacial score (nSPS) is 11.6. The maximum atomic E-state index is 11.7. The van der Waals surface area contributed by atoms with Gasteiger partial charge in [0.05, 0.1) is 20.3 Å². The van der Waals surface area contributed by atoms with Crippen molar-refractivity contribution in [3.8, 4) is 28.4 Å². The number of ether oxygens (including phenoxy) is 3. The van der Waals surface area contributed by atoms with Crippen molar-refractivity contribution >= 4 is 23.0 Å². The first-order valence-electron chi connectivity index (χ1n) is 14.0. The summed E-state index contributed by atoms with van der Waals surface area (Å²) < 4.78 is 40.3. The highest BCUT2D eigenvalue weighted by Gasteiger charge is 2.12. The molecule has 3 aromatic rings. The van der Waals surface area contributed by atoms with Crippen molar-refractivity contribution < 1.29 is 42.8 Å². The van der Waals surface area contributed by atoms with Crippen LogP contribution in [0.4, 0.5) is 0 Å². The highest BCUT2D eigenvalue weighted by Crippen LogP contribution is 2.29. The Morgan fingerprint density at radius 3 is 2.17 bits per heavy atom. The van der Waals surface area contributed by atoms with E-state index in [0.717, 1.165) is 54.4 Å². The van der Waals surface area contributed by atoms with E-state index in [1.54, 1.807) is 19.2 Å². The highest BCUT2D eigenvalue weighted by atomic mass is 32.2. The van der Waals surface area contributed by atoms with Gasteiger partial charge in [-0.25, -0.2) is 0 Å². The van der Waals surface area contributed by atoms with Crippen molar-refractivity contribution in [1.29, 1.82) is 0 Å². The molecular formula is C32H37O9S-. The zero-order chi connectivity index (χ0) is 30.3.